The number of likely N-dealkylation sites (tertiary alicyclic amines) is 1. The molecule has 4 heteroatoms. The van der Waals surface area contributed by atoms with E-state index in [2.05, 4.69) is 43.2 Å². The van der Waals surface area contributed by atoms with Crippen LogP contribution in [0.1, 0.15) is 47.0 Å². The van der Waals surface area contributed by atoms with Crippen LogP contribution < -0.4 is 10.6 Å². The summed E-state index contributed by atoms with van der Waals surface area (Å²) in [7, 11) is 0. The van der Waals surface area contributed by atoms with E-state index in [1.54, 1.807) is 0 Å². The second-order valence-corrected chi connectivity index (χ2v) is 6.74. The molecule has 2 fully saturated rings. The zero-order valence-corrected chi connectivity index (χ0v) is 13.7. The first kappa shape index (κ1) is 15.6. The third kappa shape index (κ3) is 4.37. The zero-order chi connectivity index (χ0) is 14.5. The predicted molar refractivity (Wildman–Crippen MR) is 86.1 cm³/mol. The molecule has 2 aliphatic rings. The van der Waals surface area contributed by atoms with E-state index < -0.39 is 0 Å². The van der Waals surface area contributed by atoms with Crippen LogP contribution in [0.3, 0.4) is 0 Å². The highest BCUT2D eigenvalue weighted by atomic mass is 15.2. The van der Waals surface area contributed by atoms with Gasteiger partial charge in [-0.05, 0) is 51.1 Å². The number of hydrogen-bond donors (Lipinski definition) is 2. The SMILES string of the molecule is CCNC(=NCC(C(C)C)N1CCCC1)NC1CC1C. The summed E-state index contributed by atoms with van der Waals surface area (Å²) < 4.78 is 0. The van der Waals surface area contributed by atoms with Crippen LogP contribution in [0.25, 0.3) is 0 Å². The summed E-state index contributed by atoms with van der Waals surface area (Å²) in [5.41, 5.74) is 0. The van der Waals surface area contributed by atoms with Gasteiger partial charge in [0.15, 0.2) is 5.96 Å². The number of hydrogen-bond acceptors (Lipinski definition) is 2. The molecule has 0 aromatic carbocycles. The summed E-state index contributed by atoms with van der Waals surface area (Å²) in [5, 5.41) is 6.93. The molecule has 0 spiro atoms. The van der Waals surface area contributed by atoms with E-state index in [0.29, 0.717) is 18.0 Å². The van der Waals surface area contributed by atoms with Gasteiger partial charge >= 0.3 is 0 Å². The molecule has 1 aliphatic heterocycles. The van der Waals surface area contributed by atoms with E-state index in [9.17, 15) is 0 Å². The van der Waals surface area contributed by atoms with E-state index in [4.69, 9.17) is 4.99 Å². The van der Waals surface area contributed by atoms with Gasteiger partial charge < -0.3 is 10.6 Å². The molecule has 0 aromatic rings. The highest BCUT2D eigenvalue weighted by molar-refractivity contribution is 5.80. The van der Waals surface area contributed by atoms with Crippen molar-refractivity contribution in [3.63, 3.8) is 0 Å². The van der Waals surface area contributed by atoms with E-state index in [1.165, 1.54) is 32.4 Å². The standard InChI is InChI=1S/C16H32N4/c1-5-17-16(19-14-10-13(14)4)18-11-15(12(2)3)20-8-6-7-9-20/h12-15H,5-11H2,1-4H3,(H2,17,18,19). The molecule has 1 saturated heterocycles. The Hall–Kier alpha value is -0.770. The molecule has 3 atom stereocenters. The predicted octanol–water partition coefficient (Wildman–Crippen LogP) is 2.07. The van der Waals surface area contributed by atoms with E-state index in [0.717, 1.165) is 25.0 Å². The topological polar surface area (TPSA) is 39.7 Å². The molecule has 0 aromatic heterocycles. The van der Waals surface area contributed by atoms with Crippen molar-refractivity contribution in [3.8, 4) is 0 Å². The third-order valence-corrected chi connectivity index (χ3v) is 4.59. The molecule has 4 nitrogen and oxygen atoms in total. The van der Waals surface area contributed by atoms with Crippen LogP contribution in [0.4, 0.5) is 0 Å². The summed E-state index contributed by atoms with van der Waals surface area (Å²) in [5.74, 6) is 2.48. The van der Waals surface area contributed by atoms with Gasteiger partial charge in [0.1, 0.15) is 0 Å². The van der Waals surface area contributed by atoms with Crippen molar-refractivity contribution in [1.29, 1.82) is 0 Å². The van der Waals surface area contributed by atoms with Crippen LogP contribution in [-0.2, 0) is 0 Å². The van der Waals surface area contributed by atoms with Crippen molar-refractivity contribution in [2.75, 3.05) is 26.2 Å². The van der Waals surface area contributed by atoms with Crippen molar-refractivity contribution >= 4 is 5.96 Å². The fraction of sp³-hybridized carbons (Fsp3) is 0.938. The molecule has 0 radical (unpaired) electrons. The fourth-order valence-corrected chi connectivity index (χ4v) is 3.02. The Labute approximate surface area is 124 Å². The second-order valence-electron chi connectivity index (χ2n) is 6.74. The molecule has 116 valence electrons. The lowest BCUT2D eigenvalue weighted by molar-refractivity contribution is 0.197. The molecule has 2 N–H and O–H groups in total. The maximum atomic E-state index is 4.85. The van der Waals surface area contributed by atoms with Gasteiger partial charge in [-0.3, -0.25) is 9.89 Å². The number of nitrogens with one attached hydrogen (secondary N) is 2. The van der Waals surface area contributed by atoms with Crippen LogP contribution in [-0.4, -0.2) is 49.1 Å². The first-order valence-electron chi connectivity index (χ1n) is 8.40. The number of aliphatic imine (C=N–C) groups is 1. The van der Waals surface area contributed by atoms with Crippen molar-refractivity contribution in [2.24, 2.45) is 16.8 Å². The molecular formula is C16H32N4. The van der Waals surface area contributed by atoms with Gasteiger partial charge in [-0.1, -0.05) is 20.8 Å². The number of rotatable bonds is 6. The largest absolute Gasteiger partial charge is 0.357 e. The normalized spacial score (nSPS) is 28.8. The molecule has 0 amide bonds. The van der Waals surface area contributed by atoms with Gasteiger partial charge in [0.2, 0.25) is 0 Å². The molecule has 2 rings (SSSR count). The quantitative estimate of drug-likeness (QED) is 0.578. The van der Waals surface area contributed by atoms with Crippen LogP contribution in [0.5, 0.6) is 0 Å². The Morgan fingerprint density at radius 2 is 1.95 bits per heavy atom. The average molecular weight is 280 g/mol. The van der Waals surface area contributed by atoms with Gasteiger partial charge in [-0.2, -0.15) is 0 Å². The molecule has 1 heterocycles. The first-order chi connectivity index (χ1) is 9.61. The minimum atomic E-state index is 0.588. The van der Waals surface area contributed by atoms with E-state index >= 15 is 0 Å². The van der Waals surface area contributed by atoms with E-state index in [1.807, 2.05) is 0 Å². The second kappa shape index (κ2) is 7.30. The Balaban J connectivity index is 1.90. The Morgan fingerprint density at radius 1 is 1.30 bits per heavy atom. The molecular weight excluding hydrogens is 248 g/mol. The molecule has 0 bridgehead atoms. The lowest BCUT2D eigenvalue weighted by atomic mass is 10.0. The number of guanidine groups is 1. The molecule has 1 aliphatic carbocycles. The summed E-state index contributed by atoms with van der Waals surface area (Å²) in [4.78, 5) is 7.47. The van der Waals surface area contributed by atoms with Crippen LogP contribution in [0.2, 0.25) is 0 Å². The van der Waals surface area contributed by atoms with Crippen LogP contribution in [0, 0.1) is 11.8 Å². The zero-order valence-electron chi connectivity index (χ0n) is 13.7. The Kier molecular flexibility index (Phi) is 5.70. The maximum absolute atomic E-state index is 4.85. The first-order valence-corrected chi connectivity index (χ1v) is 8.40. The fourth-order valence-electron chi connectivity index (χ4n) is 3.02. The van der Waals surface area contributed by atoms with Gasteiger partial charge in [-0.25, -0.2) is 0 Å². The number of nitrogens with zero attached hydrogens (tertiary/aromatic N) is 2. The molecule has 20 heavy (non-hydrogen) atoms. The minimum absolute atomic E-state index is 0.588. The van der Waals surface area contributed by atoms with Gasteiger partial charge in [0.05, 0.1) is 6.54 Å². The smallest absolute Gasteiger partial charge is 0.191 e. The van der Waals surface area contributed by atoms with Gasteiger partial charge in [-0.15, -0.1) is 0 Å². The summed E-state index contributed by atoms with van der Waals surface area (Å²) in [6, 6.07) is 1.22. The molecule has 1 saturated carbocycles. The van der Waals surface area contributed by atoms with Crippen LogP contribution in [0.15, 0.2) is 4.99 Å². The van der Waals surface area contributed by atoms with Crippen molar-refractivity contribution < 1.29 is 0 Å². The summed E-state index contributed by atoms with van der Waals surface area (Å²) in [6.07, 6.45) is 3.99. The van der Waals surface area contributed by atoms with Gasteiger partial charge in [0, 0.05) is 18.6 Å². The third-order valence-electron chi connectivity index (χ3n) is 4.59. The summed E-state index contributed by atoms with van der Waals surface area (Å²) >= 11 is 0. The van der Waals surface area contributed by atoms with Gasteiger partial charge in [0.25, 0.3) is 0 Å². The van der Waals surface area contributed by atoms with Crippen molar-refractivity contribution in [1.82, 2.24) is 15.5 Å². The molecule has 3 unspecified atom stereocenters. The highest BCUT2D eigenvalue weighted by Gasteiger charge is 2.33. The van der Waals surface area contributed by atoms with Crippen molar-refractivity contribution in [2.45, 2.75) is 59.0 Å². The lowest BCUT2D eigenvalue weighted by Gasteiger charge is -2.29. The minimum Gasteiger partial charge on any atom is -0.357 e. The monoisotopic (exact) mass is 280 g/mol. The van der Waals surface area contributed by atoms with Crippen LogP contribution >= 0.6 is 0 Å². The Bertz CT molecular complexity index is 320. The highest BCUT2D eigenvalue weighted by Crippen LogP contribution is 2.28. The maximum Gasteiger partial charge on any atom is 0.191 e. The summed E-state index contributed by atoms with van der Waals surface area (Å²) in [6.45, 7) is 13.4. The van der Waals surface area contributed by atoms with E-state index in [-0.39, 0.29) is 0 Å². The Morgan fingerprint density at radius 3 is 2.45 bits per heavy atom. The van der Waals surface area contributed by atoms with Crippen molar-refractivity contribution in [3.05, 3.63) is 0 Å². The lowest BCUT2D eigenvalue weighted by Crippen LogP contribution is -2.43. The average Bonchev–Trinajstić information content (AvgIpc) is 2.89.